The number of amides is 1. The van der Waals surface area contributed by atoms with Gasteiger partial charge in [-0.05, 0) is 49.2 Å². The van der Waals surface area contributed by atoms with Gasteiger partial charge < -0.3 is 14.3 Å². The molecule has 3 heterocycles. The number of aryl methyl sites for hydroxylation is 2. The summed E-state index contributed by atoms with van der Waals surface area (Å²) >= 11 is 0. The van der Waals surface area contributed by atoms with Crippen LogP contribution in [0.3, 0.4) is 0 Å². The number of carbonyl (C=O) groups is 1. The number of halogens is 1. The average Bonchev–Trinajstić information content (AvgIpc) is 3.32. The van der Waals surface area contributed by atoms with Gasteiger partial charge in [-0.2, -0.15) is 0 Å². The zero-order valence-corrected chi connectivity index (χ0v) is 15.1. The molecule has 140 valence electrons. The van der Waals surface area contributed by atoms with Crippen LogP contribution in [-0.4, -0.2) is 15.5 Å². The molecule has 0 saturated heterocycles. The largest absolute Gasteiger partial charge is 0.451 e. The van der Waals surface area contributed by atoms with E-state index in [0.29, 0.717) is 16.7 Å². The minimum Gasteiger partial charge on any atom is -0.451 e. The van der Waals surface area contributed by atoms with Crippen LogP contribution in [0.1, 0.15) is 29.2 Å². The van der Waals surface area contributed by atoms with E-state index in [1.165, 1.54) is 31.0 Å². The zero-order chi connectivity index (χ0) is 19.1. The molecule has 0 radical (unpaired) electrons. The van der Waals surface area contributed by atoms with E-state index in [9.17, 15) is 9.18 Å². The molecule has 0 atom stereocenters. The van der Waals surface area contributed by atoms with Crippen molar-refractivity contribution in [1.29, 1.82) is 0 Å². The van der Waals surface area contributed by atoms with E-state index in [1.807, 2.05) is 24.3 Å². The Labute approximate surface area is 160 Å². The molecule has 0 spiro atoms. The number of nitrogens with zero attached hydrogens (tertiary/aromatic N) is 2. The number of hydrogen-bond acceptors (Lipinski definition) is 3. The number of nitrogens with one attached hydrogen (secondary N) is 1. The molecule has 4 aromatic rings. The average molecular weight is 375 g/mol. The van der Waals surface area contributed by atoms with Crippen LogP contribution >= 0.6 is 0 Å². The second-order valence-electron chi connectivity index (χ2n) is 7.02. The molecule has 1 aliphatic heterocycles. The molecular formula is C22H18FN3O2. The number of benzene rings is 2. The van der Waals surface area contributed by atoms with E-state index in [4.69, 9.17) is 9.40 Å². The molecule has 1 N–H and O–H groups in total. The summed E-state index contributed by atoms with van der Waals surface area (Å²) in [7, 11) is 0. The van der Waals surface area contributed by atoms with Crippen molar-refractivity contribution in [2.45, 2.75) is 25.8 Å². The van der Waals surface area contributed by atoms with Crippen molar-refractivity contribution in [3.05, 3.63) is 72.1 Å². The van der Waals surface area contributed by atoms with Crippen molar-refractivity contribution in [3.8, 4) is 11.3 Å². The first-order valence-electron chi connectivity index (χ1n) is 9.33. The lowest BCUT2D eigenvalue weighted by molar-refractivity contribution is 0.0998. The van der Waals surface area contributed by atoms with Crippen LogP contribution in [0.15, 0.2) is 59.1 Å². The monoisotopic (exact) mass is 375 g/mol. The summed E-state index contributed by atoms with van der Waals surface area (Å²) in [6.45, 7) is 1.01. The van der Waals surface area contributed by atoms with Gasteiger partial charge in [-0.3, -0.25) is 4.79 Å². The number of fused-ring (bicyclic) bond motifs is 2. The van der Waals surface area contributed by atoms with Gasteiger partial charge in [-0.25, -0.2) is 9.37 Å². The molecular weight excluding hydrogens is 357 g/mol. The molecule has 5 nitrogen and oxygen atoms in total. The molecule has 6 heteroatoms. The van der Waals surface area contributed by atoms with Gasteiger partial charge in [0.1, 0.15) is 17.2 Å². The third-order valence-electron chi connectivity index (χ3n) is 5.03. The fourth-order valence-corrected chi connectivity index (χ4v) is 3.63. The number of rotatable bonds is 3. The molecule has 1 aliphatic rings. The van der Waals surface area contributed by atoms with Gasteiger partial charge >= 0.3 is 0 Å². The van der Waals surface area contributed by atoms with Gasteiger partial charge in [0.25, 0.3) is 5.91 Å². The van der Waals surface area contributed by atoms with E-state index in [-0.39, 0.29) is 17.5 Å². The highest BCUT2D eigenvalue weighted by atomic mass is 19.1. The molecule has 0 saturated carbocycles. The molecule has 0 bridgehead atoms. The second-order valence-corrected chi connectivity index (χ2v) is 7.02. The summed E-state index contributed by atoms with van der Waals surface area (Å²) in [6, 6.07) is 13.3. The van der Waals surface area contributed by atoms with Crippen molar-refractivity contribution in [2.75, 3.05) is 5.32 Å². The highest BCUT2D eigenvalue weighted by Gasteiger charge is 2.15. The van der Waals surface area contributed by atoms with Crippen LogP contribution in [-0.2, 0) is 13.0 Å². The van der Waals surface area contributed by atoms with Crippen molar-refractivity contribution < 1.29 is 13.6 Å². The van der Waals surface area contributed by atoms with Crippen LogP contribution in [0.25, 0.3) is 22.2 Å². The summed E-state index contributed by atoms with van der Waals surface area (Å²) in [5.41, 5.74) is 2.99. The molecule has 1 amide bonds. The van der Waals surface area contributed by atoms with Crippen molar-refractivity contribution in [1.82, 2.24) is 9.55 Å². The second kappa shape index (κ2) is 6.64. The Morgan fingerprint density at radius 2 is 2.07 bits per heavy atom. The maximum Gasteiger partial charge on any atom is 0.291 e. The fraction of sp³-hybridized carbons (Fsp3) is 0.182. The number of anilines is 1. The number of furan rings is 1. The quantitative estimate of drug-likeness (QED) is 0.547. The van der Waals surface area contributed by atoms with Crippen molar-refractivity contribution in [3.63, 3.8) is 0 Å². The maximum absolute atomic E-state index is 13.3. The number of imidazole rings is 1. The number of aromatic nitrogens is 2. The maximum atomic E-state index is 13.3. The Kier molecular flexibility index (Phi) is 3.97. The molecule has 0 unspecified atom stereocenters. The first kappa shape index (κ1) is 16.7. The van der Waals surface area contributed by atoms with Crippen molar-refractivity contribution >= 4 is 22.6 Å². The Balaban J connectivity index is 1.39. The van der Waals surface area contributed by atoms with E-state index in [2.05, 4.69) is 16.1 Å². The van der Waals surface area contributed by atoms with E-state index >= 15 is 0 Å². The SMILES string of the molecule is O=C(Nc1cccc(-c2cn3c(n2)CCCC3)c1)c1cc2cc(F)ccc2o1. The predicted octanol–water partition coefficient (Wildman–Crippen LogP) is 5.02. The summed E-state index contributed by atoms with van der Waals surface area (Å²) < 4.78 is 21.1. The number of carbonyl (C=O) groups excluding carboxylic acids is 1. The van der Waals surface area contributed by atoms with Gasteiger partial charge in [-0.1, -0.05) is 12.1 Å². The third kappa shape index (κ3) is 3.07. The minimum absolute atomic E-state index is 0.142. The lowest BCUT2D eigenvalue weighted by Crippen LogP contribution is -2.10. The molecule has 2 aromatic carbocycles. The van der Waals surface area contributed by atoms with Gasteiger partial charge in [0.05, 0.1) is 5.69 Å². The molecule has 0 fully saturated rings. The zero-order valence-electron chi connectivity index (χ0n) is 15.1. The Morgan fingerprint density at radius 3 is 2.96 bits per heavy atom. The first-order valence-corrected chi connectivity index (χ1v) is 9.33. The highest BCUT2D eigenvalue weighted by molar-refractivity contribution is 6.04. The van der Waals surface area contributed by atoms with Crippen LogP contribution in [0.5, 0.6) is 0 Å². The predicted molar refractivity (Wildman–Crippen MR) is 105 cm³/mol. The van der Waals surface area contributed by atoms with Gasteiger partial charge in [0.2, 0.25) is 0 Å². The van der Waals surface area contributed by atoms with Gasteiger partial charge in [-0.15, -0.1) is 0 Å². The first-order chi connectivity index (χ1) is 13.7. The lowest BCUT2D eigenvalue weighted by Gasteiger charge is -2.11. The minimum atomic E-state index is -0.377. The molecule has 5 rings (SSSR count). The topological polar surface area (TPSA) is 60.1 Å². The van der Waals surface area contributed by atoms with E-state index in [0.717, 1.165) is 30.0 Å². The van der Waals surface area contributed by atoms with Crippen LogP contribution in [0.4, 0.5) is 10.1 Å². The molecule has 0 aliphatic carbocycles. The van der Waals surface area contributed by atoms with Crippen LogP contribution < -0.4 is 5.32 Å². The van der Waals surface area contributed by atoms with E-state index < -0.39 is 0 Å². The smallest absolute Gasteiger partial charge is 0.291 e. The molecule has 2 aromatic heterocycles. The summed E-state index contributed by atoms with van der Waals surface area (Å²) in [5, 5.41) is 3.40. The summed E-state index contributed by atoms with van der Waals surface area (Å²) in [4.78, 5) is 17.3. The van der Waals surface area contributed by atoms with Gasteiger partial charge in [0.15, 0.2) is 5.76 Å². The van der Waals surface area contributed by atoms with Crippen LogP contribution in [0.2, 0.25) is 0 Å². The highest BCUT2D eigenvalue weighted by Crippen LogP contribution is 2.26. The summed E-state index contributed by atoms with van der Waals surface area (Å²) in [5.74, 6) is 0.516. The van der Waals surface area contributed by atoms with Crippen LogP contribution in [0, 0.1) is 5.82 Å². The molecule has 28 heavy (non-hydrogen) atoms. The Bertz CT molecular complexity index is 1170. The third-order valence-corrected chi connectivity index (χ3v) is 5.03. The Hall–Kier alpha value is -3.41. The normalized spacial score (nSPS) is 13.5. The standard InChI is InChI=1S/C22H18FN3O2/c23-16-7-8-19-15(10-16)12-20(28-19)22(27)24-17-5-3-4-14(11-17)18-13-26-9-2-1-6-21(26)25-18/h3-5,7-8,10-13H,1-2,6,9H2,(H,24,27). The van der Waals surface area contributed by atoms with Gasteiger partial charge in [0, 0.05) is 35.8 Å². The number of hydrogen-bond donors (Lipinski definition) is 1. The summed E-state index contributed by atoms with van der Waals surface area (Å²) in [6.07, 6.45) is 5.43. The fourth-order valence-electron chi connectivity index (χ4n) is 3.63. The van der Waals surface area contributed by atoms with Crippen molar-refractivity contribution in [2.24, 2.45) is 0 Å². The van der Waals surface area contributed by atoms with E-state index in [1.54, 1.807) is 6.07 Å². The lowest BCUT2D eigenvalue weighted by atomic mass is 10.1. The Morgan fingerprint density at radius 1 is 1.14 bits per heavy atom.